The molecule has 2 N–H and O–H groups in total. The van der Waals surface area contributed by atoms with Crippen LogP contribution in [0.5, 0.6) is 5.75 Å². The highest BCUT2D eigenvalue weighted by molar-refractivity contribution is 6.06. The van der Waals surface area contributed by atoms with Gasteiger partial charge in [0.15, 0.2) is 0 Å². The fraction of sp³-hybridized carbons (Fsp3) is 0.304. The van der Waals surface area contributed by atoms with E-state index in [0.29, 0.717) is 12.3 Å². The van der Waals surface area contributed by atoms with E-state index in [4.69, 9.17) is 9.72 Å². The average molecular weight is 375 g/mol. The van der Waals surface area contributed by atoms with Gasteiger partial charge in [0.05, 0.1) is 12.3 Å². The molecule has 0 unspecified atom stereocenters. The van der Waals surface area contributed by atoms with Crippen molar-refractivity contribution in [1.82, 2.24) is 15.6 Å². The maximum absolute atomic E-state index is 13.0. The van der Waals surface area contributed by atoms with Crippen molar-refractivity contribution >= 4 is 16.7 Å². The van der Waals surface area contributed by atoms with Gasteiger partial charge in [0.25, 0.3) is 5.91 Å². The first-order chi connectivity index (χ1) is 13.7. The summed E-state index contributed by atoms with van der Waals surface area (Å²) in [6.07, 6.45) is 1.89. The minimum Gasteiger partial charge on any atom is -0.494 e. The number of piperidine rings is 1. The molecule has 0 saturated carbocycles. The zero-order valence-electron chi connectivity index (χ0n) is 16.1. The number of hydrogen-bond donors (Lipinski definition) is 2. The second-order valence-corrected chi connectivity index (χ2v) is 7.03. The predicted molar refractivity (Wildman–Crippen MR) is 112 cm³/mol. The summed E-state index contributed by atoms with van der Waals surface area (Å²) in [6.45, 7) is 4.47. The third-order valence-electron chi connectivity index (χ3n) is 5.09. The summed E-state index contributed by atoms with van der Waals surface area (Å²) < 4.78 is 5.52. The lowest BCUT2D eigenvalue weighted by Gasteiger charge is -2.23. The van der Waals surface area contributed by atoms with Gasteiger partial charge in [-0.2, -0.15) is 0 Å². The standard InChI is InChI=1S/C23H25N3O2/c1-2-28-19-9-7-16(8-10-19)21-15-17-5-3-4-6-20(17)22(26-21)23(27)25-18-11-13-24-14-12-18/h3-10,15,18,24H,2,11-14H2,1H3,(H,25,27). The molecule has 1 saturated heterocycles. The van der Waals surface area contributed by atoms with Crippen LogP contribution in [0.4, 0.5) is 0 Å². The number of aromatic nitrogens is 1. The van der Waals surface area contributed by atoms with E-state index in [2.05, 4.69) is 10.6 Å². The summed E-state index contributed by atoms with van der Waals surface area (Å²) in [5, 5.41) is 8.38. The molecule has 0 aliphatic carbocycles. The summed E-state index contributed by atoms with van der Waals surface area (Å²) in [6, 6.07) is 18.0. The number of rotatable bonds is 5. The monoisotopic (exact) mass is 375 g/mol. The quantitative estimate of drug-likeness (QED) is 0.712. The number of nitrogens with zero attached hydrogens (tertiary/aromatic N) is 1. The number of ether oxygens (including phenoxy) is 1. The second kappa shape index (κ2) is 8.40. The zero-order chi connectivity index (χ0) is 19.3. The molecule has 5 nitrogen and oxygen atoms in total. The van der Waals surface area contributed by atoms with Crippen LogP contribution in [0.15, 0.2) is 54.6 Å². The maximum Gasteiger partial charge on any atom is 0.270 e. The van der Waals surface area contributed by atoms with Crippen molar-refractivity contribution in [3.63, 3.8) is 0 Å². The Bertz CT molecular complexity index is 963. The average Bonchev–Trinajstić information content (AvgIpc) is 2.74. The Kier molecular flexibility index (Phi) is 5.53. The van der Waals surface area contributed by atoms with Crippen molar-refractivity contribution < 1.29 is 9.53 Å². The zero-order valence-corrected chi connectivity index (χ0v) is 16.1. The molecule has 5 heteroatoms. The van der Waals surface area contributed by atoms with Gasteiger partial charge in [-0.1, -0.05) is 24.3 Å². The van der Waals surface area contributed by atoms with Crippen LogP contribution in [0, 0.1) is 0 Å². The highest BCUT2D eigenvalue weighted by Gasteiger charge is 2.20. The normalized spacial score (nSPS) is 14.8. The Morgan fingerprint density at radius 1 is 1.14 bits per heavy atom. The number of fused-ring (bicyclic) bond motifs is 1. The molecule has 4 rings (SSSR count). The Labute approximate surface area is 165 Å². The highest BCUT2D eigenvalue weighted by atomic mass is 16.5. The third-order valence-corrected chi connectivity index (χ3v) is 5.09. The van der Waals surface area contributed by atoms with Crippen molar-refractivity contribution in [2.75, 3.05) is 19.7 Å². The SMILES string of the molecule is CCOc1ccc(-c2cc3ccccc3c(C(=O)NC3CCNCC3)n2)cc1. The Morgan fingerprint density at radius 3 is 2.64 bits per heavy atom. The Balaban J connectivity index is 1.69. The van der Waals surface area contributed by atoms with Gasteiger partial charge in [-0.15, -0.1) is 0 Å². The molecule has 1 amide bonds. The van der Waals surface area contributed by atoms with E-state index in [1.54, 1.807) is 0 Å². The lowest BCUT2D eigenvalue weighted by Crippen LogP contribution is -2.43. The summed E-state index contributed by atoms with van der Waals surface area (Å²) in [5.41, 5.74) is 2.24. The molecule has 144 valence electrons. The van der Waals surface area contributed by atoms with Crippen LogP contribution in [0.1, 0.15) is 30.3 Å². The molecular weight excluding hydrogens is 350 g/mol. The first kappa shape index (κ1) is 18.4. The van der Waals surface area contributed by atoms with E-state index in [1.165, 1.54) is 0 Å². The number of hydrogen-bond acceptors (Lipinski definition) is 4. The van der Waals surface area contributed by atoms with Crippen LogP contribution in [-0.4, -0.2) is 36.6 Å². The van der Waals surface area contributed by atoms with Crippen molar-refractivity contribution in [1.29, 1.82) is 0 Å². The molecule has 3 aromatic rings. The first-order valence-corrected chi connectivity index (χ1v) is 9.89. The van der Waals surface area contributed by atoms with Gasteiger partial charge in [-0.25, -0.2) is 4.98 Å². The fourth-order valence-corrected chi connectivity index (χ4v) is 3.63. The van der Waals surface area contributed by atoms with Gasteiger partial charge in [0.2, 0.25) is 0 Å². The van der Waals surface area contributed by atoms with Crippen LogP contribution in [0.3, 0.4) is 0 Å². The largest absolute Gasteiger partial charge is 0.494 e. The number of benzene rings is 2. The number of carbonyl (C=O) groups excluding carboxylic acids is 1. The summed E-state index contributed by atoms with van der Waals surface area (Å²) in [5.74, 6) is 0.729. The predicted octanol–water partition coefficient (Wildman–Crippen LogP) is 3.78. The number of carbonyl (C=O) groups is 1. The molecule has 1 aliphatic rings. The molecule has 2 heterocycles. The topological polar surface area (TPSA) is 63.2 Å². The van der Waals surface area contributed by atoms with Crippen molar-refractivity contribution in [2.45, 2.75) is 25.8 Å². The van der Waals surface area contributed by atoms with Crippen molar-refractivity contribution in [3.05, 3.63) is 60.3 Å². The van der Waals surface area contributed by atoms with Crippen LogP contribution in [0.25, 0.3) is 22.0 Å². The maximum atomic E-state index is 13.0. The molecule has 0 spiro atoms. The van der Waals surface area contributed by atoms with Gasteiger partial charge in [-0.3, -0.25) is 4.79 Å². The minimum atomic E-state index is -0.101. The van der Waals surface area contributed by atoms with Gasteiger partial charge in [0, 0.05) is 17.0 Å². The Morgan fingerprint density at radius 2 is 1.89 bits per heavy atom. The van der Waals surface area contributed by atoms with E-state index < -0.39 is 0 Å². The van der Waals surface area contributed by atoms with E-state index in [1.807, 2.05) is 61.5 Å². The van der Waals surface area contributed by atoms with Gasteiger partial charge in [0.1, 0.15) is 11.4 Å². The molecule has 0 radical (unpaired) electrons. The molecule has 28 heavy (non-hydrogen) atoms. The van der Waals surface area contributed by atoms with E-state index in [-0.39, 0.29) is 11.9 Å². The molecule has 1 aliphatic heterocycles. The van der Waals surface area contributed by atoms with Crippen molar-refractivity contribution in [3.8, 4) is 17.0 Å². The Hall–Kier alpha value is -2.92. The number of nitrogens with one attached hydrogen (secondary N) is 2. The number of pyridine rings is 1. The smallest absolute Gasteiger partial charge is 0.270 e. The van der Waals surface area contributed by atoms with Gasteiger partial charge >= 0.3 is 0 Å². The van der Waals surface area contributed by atoms with Gasteiger partial charge in [-0.05, 0) is 68.6 Å². The molecule has 2 aromatic carbocycles. The van der Waals surface area contributed by atoms with Crippen LogP contribution in [0.2, 0.25) is 0 Å². The van der Waals surface area contributed by atoms with E-state index in [9.17, 15) is 4.79 Å². The molecule has 0 atom stereocenters. The first-order valence-electron chi connectivity index (χ1n) is 9.89. The third kappa shape index (κ3) is 3.99. The van der Waals surface area contributed by atoms with Crippen LogP contribution >= 0.6 is 0 Å². The summed E-state index contributed by atoms with van der Waals surface area (Å²) in [7, 11) is 0. The lowest BCUT2D eigenvalue weighted by molar-refractivity contribution is 0.0926. The molecule has 1 fully saturated rings. The van der Waals surface area contributed by atoms with E-state index >= 15 is 0 Å². The van der Waals surface area contributed by atoms with Gasteiger partial charge < -0.3 is 15.4 Å². The lowest BCUT2D eigenvalue weighted by atomic mass is 10.0. The van der Waals surface area contributed by atoms with Crippen molar-refractivity contribution in [2.24, 2.45) is 0 Å². The van der Waals surface area contributed by atoms with Crippen LogP contribution < -0.4 is 15.4 Å². The molecule has 1 aromatic heterocycles. The minimum absolute atomic E-state index is 0.101. The molecular formula is C23H25N3O2. The van der Waals surface area contributed by atoms with Crippen LogP contribution in [-0.2, 0) is 0 Å². The molecule has 0 bridgehead atoms. The fourth-order valence-electron chi connectivity index (χ4n) is 3.63. The highest BCUT2D eigenvalue weighted by Crippen LogP contribution is 2.26. The summed E-state index contributed by atoms with van der Waals surface area (Å²) >= 11 is 0. The second-order valence-electron chi connectivity index (χ2n) is 7.03. The number of amides is 1. The summed E-state index contributed by atoms with van der Waals surface area (Å²) in [4.78, 5) is 17.8. The van der Waals surface area contributed by atoms with E-state index in [0.717, 1.165) is 53.7 Å².